The standard InChI is InChI=1S/C22H32O2/c1-3-9-17(10-4-1)11-5-2-6-12-19-20-15-18(16-21(19)20)24-22-13-7-8-14-23-22/h1,3-4,9-10,18-22H,2,5-8,11-16H2/t18?,19?,20-,21+,22?. The molecule has 0 aromatic heterocycles. The van der Waals surface area contributed by atoms with E-state index in [1.54, 1.807) is 0 Å². The third-order valence-corrected chi connectivity index (χ3v) is 6.41. The van der Waals surface area contributed by atoms with Crippen LogP contribution in [0.4, 0.5) is 0 Å². The van der Waals surface area contributed by atoms with E-state index in [2.05, 4.69) is 30.3 Å². The van der Waals surface area contributed by atoms with Gasteiger partial charge in [-0.2, -0.15) is 0 Å². The summed E-state index contributed by atoms with van der Waals surface area (Å²) >= 11 is 0. The lowest BCUT2D eigenvalue weighted by Gasteiger charge is -2.26. The van der Waals surface area contributed by atoms with Crippen molar-refractivity contribution >= 4 is 0 Å². The van der Waals surface area contributed by atoms with Crippen LogP contribution >= 0.6 is 0 Å². The molecule has 0 spiro atoms. The Morgan fingerprint density at radius 3 is 2.54 bits per heavy atom. The van der Waals surface area contributed by atoms with Crippen LogP contribution in [0.15, 0.2) is 30.3 Å². The third-order valence-electron chi connectivity index (χ3n) is 6.41. The van der Waals surface area contributed by atoms with Crippen LogP contribution in [-0.4, -0.2) is 19.0 Å². The molecule has 2 saturated carbocycles. The molecule has 3 aliphatic rings. The highest BCUT2D eigenvalue weighted by Crippen LogP contribution is 2.60. The minimum atomic E-state index is 0.109. The Kier molecular flexibility index (Phi) is 5.54. The molecule has 1 aliphatic heterocycles. The molecule has 0 bridgehead atoms. The molecule has 1 saturated heterocycles. The quantitative estimate of drug-likeness (QED) is 0.598. The van der Waals surface area contributed by atoms with E-state index in [1.807, 2.05) is 0 Å². The fraction of sp³-hybridized carbons (Fsp3) is 0.727. The van der Waals surface area contributed by atoms with Crippen LogP contribution in [0.25, 0.3) is 0 Å². The molecule has 0 N–H and O–H groups in total. The predicted octanol–water partition coefficient (Wildman–Crippen LogP) is 5.36. The van der Waals surface area contributed by atoms with Crippen LogP contribution in [-0.2, 0) is 15.9 Å². The first-order chi connectivity index (χ1) is 11.9. The number of unbranched alkanes of at least 4 members (excludes halogenated alkanes) is 2. The normalized spacial score (nSPS) is 34.9. The second-order valence-electron chi connectivity index (χ2n) is 8.10. The number of benzene rings is 1. The number of rotatable bonds is 8. The predicted molar refractivity (Wildman–Crippen MR) is 96.8 cm³/mol. The summed E-state index contributed by atoms with van der Waals surface area (Å²) in [6.45, 7) is 0.899. The van der Waals surface area contributed by atoms with Gasteiger partial charge in [0, 0.05) is 6.61 Å². The summed E-state index contributed by atoms with van der Waals surface area (Å²) in [5.74, 6) is 2.98. The Morgan fingerprint density at radius 1 is 0.958 bits per heavy atom. The topological polar surface area (TPSA) is 18.5 Å². The molecule has 1 aromatic carbocycles. The third kappa shape index (κ3) is 4.21. The second-order valence-corrected chi connectivity index (χ2v) is 8.10. The first kappa shape index (κ1) is 16.6. The molecule has 2 heteroatoms. The fourth-order valence-corrected chi connectivity index (χ4v) is 5.03. The smallest absolute Gasteiger partial charge is 0.157 e. The van der Waals surface area contributed by atoms with E-state index < -0.39 is 0 Å². The molecule has 0 radical (unpaired) electrons. The highest BCUT2D eigenvalue weighted by molar-refractivity contribution is 5.14. The van der Waals surface area contributed by atoms with E-state index in [-0.39, 0.29) is 6.29 Å². The lowest BCUT2D eigenvalue weighted by Crippen LogP contribution is -2.27. The first-order valence-electron chi connectivity index (χ1n) is 10.2. The largest absolute Gasteiger partial charge is 0.353 e. The van der Waals surface area contributed by atoms with Gasteiger partial charge in [0.1, 0.15) is 0 Å². The SMILES string of the molecule is c1ccc(CCCCCC2[C@H]3CC(OC4CCCCO4)C[C@@H]23)cc1. The Labute approximate surface area is 146 Å². The number of hydrogen-bond acceptors (Lipinski definition) is 2. The summed E-state index contributed by atoms with van der Waals surface area (Å²) in [5.41, 5.74) is 1.49. The van der Waals surface area contributed by atoms with E-state index in [0.29, 0.717) is 6.10 Å². The summed E-state index contributed by atoms with van der Waals surface area (Å²) in [6.07, 6.45) is 13.7. The zero-order valence-corrected chi connectivity index (χ0v) is 14.9. The number of fused-ring (bicyclic) bond motifs is 1. The highest BCUT2D eigenvalue weighted by atomic mass is 16.7. The minimum Gasteiger partial charge on any atom is -0.353 e. The molecule has 0 amide bonds. The maximum atomic E-state index is 6.17. The van der Waals surface area contributed by atoms with Gasteiger partial charge in [0.25, 0.3) is 0 Å². The molecule has 2 nitrogen and oxygen atoms in total. The van der Waals surface area contributed by atoms with Crippen molar-refractivity contribution in [3.63, 3.8) is 0 Å². The van der Waals surface area contributed by atoms with Crippen molar-refractivity contribution in [2.24, 2.45) is 17.8 Å². The Morgan fingerprint density at radius 2 is 1.79 bits per heavy atom. The lowest BCUT2D eigenvalue weighted by atomic mass is 10.0. The van der Waals surface area contributed by atoms with Crippen molar-refractivity contribution in [3.05, 3.63) is 35.9 Å². The zero-order chi connectivity index (χ0) is 16.2. The molecule has 3 unspecified atom stereocenters. The van der Waals surface area contributed by atoms with E-state index in [0.717, 1.165) is 30.8 Å². The van der Waals surface area contributed by atoms with Crippen molar-refractivity contribution < 1.29 is 9.47 Å². The van der Waals surface area contributed by atoms with Gasteiger partial charge in [0.15, 0.2) is 6.29 Å². The Bertz CT molecular complexity index is 482. The summed E-state index contributed by atoms with van der Waals surface area (Å²) in [4.78, 5) is 0. The van der Waals surface area contributed by atoms with Crippen LogP contribution in [0.3, 0.4) is 0 Å². The summed E-state index contributed by atoms with van der Waals surface area (Å²) < 4.78 is 11.9. The summed E-state index contributed by atoms with van der Waals surface area (Å²) in [7, 11) is 0. The van der Waals surface area contributed by atoms with E-state index in [1.165, 1.54) is 63.4 Å². The van der Waals surface area contributed by atoms with Gasteiger partial charge in [-0.3, -0.25) is 0 Å². The van der Waals surface area contributed by atoms with Gasteiger partial charge < -0.3 is 9.47 Å². The molecular weight excluding hydrogens is 296 g/mol. The van der Waals surface area contributed by atoms with Crippen LogP contribution in [0.1, 0.15) is 63.4 Å². The van der Waals surface area contributed by atoms with Gasteiger partial charge >= 0.3 is 0 Å². The van der Waals surface area contributed by atoms with Crippen LogP contribution in [0, 0.1) is 17.8 Å². The molecule has 3 fully saturated rings. The lowest BCUT2D eigenvalue weighted by molar-refractivity contribution is -0.188. The Hall–Kier alpha value is -0.860. The van der Waals surface area contributed by atoms with Crippen LogP contribution in [0.5, 0.6) is 0 Å². The molecule has 2 aliphatic carbocycles. The highest BCUT2D eigenvalue weighted by Gasteiger charge is 2.55. The van der Waals surface area contributed by atoms with Crippen molar-refractivity contribution in [1.29, 1.82) is 0 Å². The monoisotopic (exact) mass is 328 g/mol. The summed E-state index contributed by atoms with van der Waals surface area (Å²) in [6, 6.07) is 10.9. The van der Waals surface area contributed by atoms with Gasteiger partial charge in [-0.05, 0) is 74.7 Å². The molecule has 24 heavy (non-hydrogen) atoms. The van der Waals surface area contributed by atoms with E-state index >= 15 is 0 Å². The van der Waals surface area contributed by atoms with Crippen molar-refractivity contribution in [2.75, 3.05) is 6.61 Å². The molecule has 1 aromatic rings. The van der Waals surface area contributed by atoms with Gasteiger partial charge in [0.05, 0.1) is 6.10 Å². The van der Waals surface area contributed by atoms with Gasteiger partial charge in [-0.15, -0.1) is 0 Å². The van der Waals surface area contributed by atoms with Gasteiger partial charge in [-0.25, -0.2) is 0 Å². The Balaban J connectivity index is 1.06. The van der Waals surface area contributed by atoms with Crippen LogP contribution in [0.2, 0.25) is 0 Å². The van der Waals surface area contributed by atoms with Crippen molar-refractivity contribution in [1.82, 2.24) is 0 Å². The van der Waals surface area contributed by atoms with Crippen molar-refractivity contribution in [2.45, 2.75) is 76.6 Å². The van der Waals surface area contributed by atoms with E-state index in [9.17, 15) is 0 Å². The molecule has 4 rings (SSSR count). The number of hydrogen-bond donors (Lipinski definition) is 0. The maximum Gasteiger partial charge on any atom is 0.157 e. The molecule has 5 atom stereocenters. The van der Waals surface area contributed by atoms with Crippen LogP contribution < -0.4 is 0 Å². The second kappa shape index (κ2) is 8.01. The minimum absolute atomic E-state index is 0.109. The average molecular weight is 328 g/mol. The summed E-state index contributed by atoms with van der Waals surface area (Å²) in [5, 5.41) is 0. The van der Waals surface area contributed by atoms with Gasteiger partial charge in [0.2, 0.25) is 0 Å². The fourth-order valence-electron chi connectivity index (χ4n) is 5.03. The number of aryl methyl sites for hydroxylation is 1. The van der Waals surface area contributed by atoms with Gasteiger partial charge in [-0.1, -0.05) is 43.2 Å². The first-order valence-corrected chi connectivity index (χ1v) is 10.2. The number of ether oxygens (including phenoxy) is 2. The average Bonchev–Trinajstić information content (AvgIpc) is 3.08. The maximum absolute atomic E-state index is 6.17. The molecule has 1 heterocycles. The van der Waals surface area contributed by atoms with E-state index in [4.69, 9.17) is 9.47 Å². The van der Waals surface area contributed by atoms with Crippen molar-refractivity contribution in [3.8, 4) is 0 Å². The molecule has 132 valence electrons. The zero-order valence-electron chi connectivity index (χ0n) is 14.9. The molecular formula is C22H32O2.